The van der Waals surface area contributed by atoms with Crippen LogP contribution in [0.3, 0.4) is 0 Å². The monoisotopic (exact) mass is 322 g/mol. The SMILES string of the molecule is CNc1c(Cl)ncnc1N1CCOC(C)(c2cnn(C)c2)C1. The molecule has 0 spiro atoms. The van der Waals surface area contributed by atoms with Crippen LogP contribution >= 0.6 is 11.6 Å². The number of ether oxygens (including phenoxy) is 1. The van der Waals surface area contributed by atoms with Crippen molar-refractivity contribution in [3.05, 3.63) is 29.4 Å². The van der Waals surface area contributed by atoms with E-state index in [-0.39, 0.29) is 0 Å². The van der Waals surface area contributed by atoms with Gasteiger partial charge in [0.1, 0.15) is 17.6 Å². The van der Waals surface area contributed by atoms with Gasteiger partial charge in [0, 0.05) is 32.4 Å². The lowest BCUT2D eigenvalue weighted by molar-refractivity contribution is -0.0468. The molecule has 0 amide bonds. The molecule has 0 bridgehead atoms. The molecule has 0 saturated carbocycles. The molecular weight excluding hydrogens is 304 g/mol. The summed E-state index contributed by atoms with van der Waals surface area (Å²) in [5, 5.41) is 7.74. The van der Waals surface area contributed by atoms with Gasteiger partial charge >= 0.3 is 0 Å². The normalized spacial score (nSPS) is 21.9. The van der Waals surface area contributed by atoms with Gasteiger partial charge in [-0.3, -0.25) is 4.68 Å². The Hall–Kier alpha value is -1.86. The number of hydrogen-bond acceptors (Lipinski definition) is 6. The molecule has 8 heteroatoms. The number of hydrogen-bond donors (Lipinski definition) is 1. The van der Waals surface area contributed by atoms with Crippen LogP contribution in [0, 0.1) is 0 Å². The summed E-state index contributed by atoms with van der Waals surface area (Å²) in [6.45, 7) is 4.09. The Labute approximate surface area is 134 Å². The van der Waals surface area contributed by atoms with Crippen molar-refractivity contribution in [3.8, 4) is 0 Å². The maximum absolute atomic E-state index is 6.16. The molecule has 1 aliphatic rings. The second-order valence-corrected chi connectivity index (χ2v) is 5.87. The fraction of sp³-hybridized carbons (Fsp3) is 0.500. The van der Waals surface area contributed by atoms with Gasteiger partial charge in [-0.15, -0.1) is 0 Å². The number of halogens is 1. The Morgan fingerprint density at radius 1 is 1.41 bits per heavy atom. The average Bonchev–Trinajstić information content (AvgIpc) is 2.94. The van der Waals surface area contributed by atoms with Crippen molar-refractivity contribution in [2.24, 2.45) is 7.05 Å². The highest BCUT2D eigenvalue weighted by Gasteiger charge is 2.36. The molecule has 0 radical (unpaired) electrons. The van der Waals surface area contributed by atoms with E-state index in [1.54, 1.807) is 4.68 Å². The first-order chi connectivity index (χ1) is 10.5. The first-order valence-corrected chi connectivity index (χ1v) is 7.47. The quantitative estimate of drug-likeness (QED) is 0.867. The molecule has 1 saturated heterocycles. The highest BCUT2D eigenvalue weighted by Crippen LogP contribution is 2.35. The van der Waals surface area contributed by atoms with Gasteiger partial charge in [-0.05, 0) is 6.92 Å². The van der Waals surface area contributed by atoms with E-state index in [0.29, 0.717) is 18.3 Å². The number of rotatable bonds is 3. The van der Waals surface area contributed by atoms with E-state index in [4.69, 9.17) is 16.3 Å². The molecule has 1 N–H and O–H groups in total. The molecule has 3 rings (SSSR count). The van der Waals surface area contributed by atoms with Crippen molar-refractivity contribution in [1.82, 2.24) is 19.7 Å². The second kappa shape index (κ2) is 5.73. The number of nitrogens with zero attached hydrogens (tertiary/aromatic N) is 5. The topological polar surface area (TPSA) is 68.1 Å². The zero-order valence-electron chi connectivity index (χ0n) is 12.9. The molecule has 118 valence electrons. The third-order valence-corrected chi connectivity index (χ3v) is 4.21. The van der Waals surface area contributed by atoms with Crippen molar-refractivity contribution < 1.29 is 4.74 Å². The Morgan fingerprint density at radius 3 is 2.91 bits per heavy atom. The molecule has 1 fully saturated rings. The van der Waals surface area contributed by atoms with Crippen LogP contribution in [0.4, 0.5) is 11.5 Å². The minimum Gasteiger partial charge on any atom is -0.383 e. The van der Waals surface area contributed by atoms with Crippen molar-refractivity contribution in [2.45, 2.75) is 12.5 Å². The van der Waals surface area contributed by atoms with Crippen LogP contribution in [0.15, 0.2) is 18.7 Å². The van der Waals surface area contributed by atoms with Crippen LogP contribution in [0.1, 0.15) is 12.5 Å². The van der Waals surface area contributed by atoms with E-state index in [2.05, 4.69) is 32.2 Å². The Bertz CT molecular complexity index is 675. The molecule has 22 heavy (non-hydrogen) atoms. The predicted molar refractivity (Wildman–Crippen MR) is 85.3 cm³/mol. The van der Waals surface area contributed by atoms with Crippen molar-refractivity contribution in [1.29, 1.82) is 0 Å². The molecule has 0 aromatic carbocycles. The largest absolute Gasteiger partial charge is 0.383 e. The third-order valence-electron chi connectivity index (χ3n) is 3.92. The van der Waals surface area contributed by atoms with Gasteiger partial charge in [0.15, 0.2) is 11.0 Å². The van der Waals surface area contributed by atoms with Crippen LogP contribution < -0.4 is 10.2 Å². The van der Waals surface area contributed by atoms with Gasteiger partial charge in [0.05, 0.1) is 19.3 Å². The van der Waals surface area contributed by atoms with Crippen LogP contribution in [0.5, 0.6) is 0 Å². The smallest absolute Gasteiger partial charge is 0.157 e. The van der Waals surface area contributed by atoms with Crippen LogP contribution in [0.2, 0.25) is 5.15 Å². The number of aryl methyl sites for hydroxylation is 1. The summed E-state index contributed by atoms with van der Waals surface area (Å²) < 4.78 is 7.81. The van der Waals surface area contributed by atoms with E-state index in [9.17, 15) is 0 Å². The lowest BCUT2D eigenvalue weighted by Gasteiger charge is -2.41. The summed E-state index contributed by atoms with van der Waals surface area (Å²) in [6, 6.07) is 0. The predicted octanol–water partition coefficient (Wildman–Crippen LogP) is 1.66. The zero-order chi connectivity index (χ0) is 15.7. The Morgan fingerprint density at radius 2 is 2.23 bits per heavy atom. The summed E-state index contributed by atoms with van der Waals surface area (Å²) in [5.41, 5.74) is 1.35. The van der Waals surface area contributed by atoms with Crippen molar-refractivity contribution >= 4 is 23.1 Å². The van der Waals surface area contributed by atoms with Gasteiger partial charge in [-0.1, -0.05) is 11.6 Å². The number of morpholine rings is 1. The molecular formula is C14H19ClN6O. The van der Waals surface area contributed by atoms with Crippen LogP contribution in [0.25, 0.3) is 0 Å². The molecule has 0 aliphatic carbocycles. The molecule has 1 aliphatic heterocycles. The summed E-state index contributed by atoms with van der Waals surface area (Å²) in [5.74, 6) is 0.793. The number of anilines is 2. The average molecular weight is 323 g/mol. The number of aromatic nitrogens is 4. The maximum Gasteiger partial charge on any atom is 0.157 e. The van der Waals surface area contributed by atoms with Gasteiger partial charge in [0.25, 0.3) is 0 Å². The van der Waals surface area contributed by atoms with Gasteiger partial charge in [-0.2, -0.15) is 5.10 Å². The van der Waals surface area contributed by atoms with Crippen molar-refractivity contribution in [3.63, 3.8) is 0 Å². The third kappa shape index (κ3) is 2.62. The second-order valence-electron chi connectivity index (χ2n) is 5.52. The van der Waals surface area contributed by atoms with Gasteiger partial charge in [0.2, 0.25) is 0 Å². The standard InChI is InChI=1S/C14H19ClN6O/c1-14(10-6-19-20(3)7-10)8-21(4-5-22-14)13-11(16-2)12(15)17-9-18-13/h6-7,9,16H,4-5,8H2,1-3H3. The van der Waals surface area contributed by atoms with E-state index in [1.807, 2.05) is 26.5 Å². The Balaban J connectivity index is 1.92. The van der Waals surface area contributed by atoms with E-state index in [0.717, 1.165) is 23.6 Å². The zero-order valence-corrected chi connectivity index (χ0v) is 13.6. The highest BCUT2D eigenvalue weighted by atomic mass is 35.5. The molecule has 7 nitrogen and oxygen atoms in total. The molecule has 2 aromatic rings. The van der Waals surface area contributed by atoms with Crippen LogP contribution in [-0.4, -0.2) is 46.5 Å². The fourth-order valence-electron chi connectivity index (χ4n) is 2.73. The molecule has 1 atom stereocenters. The lowest BCUT2D eigenvalue weighted by atomic mass is 9.97. The molecule has 1 unspecified atom stereocenters. The summed E-state index contributed by atoms with van der Waals surface area (Å²) >= 11 is 6.16. The lowest BCUT2D eigenvalue weighted by Crippen LogP contribution is -2.48. The minimum atomic E-state index is -0.436. The highest BCUT2D eigenvalue weighted by molar-refractivity contribution is 6.32. The number of nitrogens with one attached hydrogen (secondary N) is 1. The van der Waals surface area contributed by atoms with E-state index >= 15 is 0 Å². The minimum absolute atomic E-state index is 0.419. The molecule has 2 aromatic heterocycles. The van der Waals surface area contributed by atoms with Gasteiger partial charge in [-0.25, -0.2) is 9.97 Å². The van der Waals surface area contributed by atoms with Gasteiger partial charge < -0.3 is 15.0 Å². The fourth-order valence-corrected chi connectivity index (χ4v) is 2.95. The Kier molecular flexibility index (Phi) is 3.92. The first-order valence-electron chi connectivity index (χ1n) is 7.10. The first kappa shape index (κ1) is 15.1. The molecule has 3 heterocycles. The van der Waals surface area contributed by atoms with E-state index in [1.165, 1.54) is 6.33 Å². The summed E-state index contributed by atoms with van der Waals surface area (Å²) in [4.78, 5) is 10.6. The summed E-state index contributed by atoms with van der Waals surface area (Å²) in [6.07, 6.45) is 5.31. The van der Waals surface area contributed by atoms with Crippen LogP contribution in [-0.2, 0) is 17.4 Å². The maximum atomic E-state index is 6.16. The van der Waals surface area contributed by atoms with E-state index < -0.39 is 5.60 Å². The summed E-state index contributed by atoms with van der Waals surface area (Å²) in [7, 11) is 3.71. The van der Waals surface area contributed by atoms with Crippen molar-refractivity contribution in [2.75, 3.05) is 37.0 Å².